The number of hydrogen-bond acceptors (Lipinski definition) is 3. The highest BCUT2D eigenvalue weighted by molar-refractivity contribution is 7.92. The van der Waals surface area contributed by atoms with Gasteiger partial charge in [0.2, 0.25) is 10.0 Å². The largest absolute Gasteiger partial charge is 0.294 e. The molecule has 2 aromatic rings. The van der Waals surface area contributed by atoms with Crippen molar-refractivity contribution in [1.29, 1.82) is 0 Å². The Balaban J connectivity index is 1.60. The van der Waals surface area contributed by atoms with Gasteiger partial charge in [0.1, 0.15) is 5.82 Å². The summed E-state index contributed by atoms with van der Waals surface area (Å²) in [4.78, 5) is 2.22. The van der Waals surface area contributed by atoms with Crippen molar-refractivity contribution in [3.05, 3.63) is 76.9 Å². The van der Waals surface area contributed by atoms with Crippen molar-refractivity contribution < 1.29 is 12.8 Å². The summed E-state index contributed by atoms with van der Waals surface area (Å²) >= 11 is 0. The summed E-state index contributed by atoms with van der Waals surface area (Å²) in [5, 5.41) is 1.28. The molecule has 0 saturated carbocycles. The number of sulfonamides is 1. The predicted octanol–water partition coefficient (Wildman–Crippen LogP) is 3.51. The smallest absolute Gasteiger partial charge is 0.236 e. The van der Waals surface area contributed by atoms with Gasteiger partial charge in [0.25, 0.3) is 0 Å². The maximum absolute atomic E-state index is 13.1. The van der Waals surface area contributed by atoms with Gasteiger partial charge in [-0.3, -0.25) is 4.90 Å². The Morgan fingerprint density at radius 3 is 2.19 bits per heavy atom. The number of nitrogens with zero attached hydrogens (tertiary/aromatic N) is 2. The Morgan fingerprint density at radius 1 is 0.962 bits per heavy atom. The van der Waals surface area contributed by atoms with E-state index in [1.807, 2.05) is 30.3 Å². The van der Waals surface area contributed by atoms with Gasteiger partial charge in [-0.2, -0.15) is 4.31 Å². The molecule has 0 spiro atoms. The van der Waals surface area contributed by atoms with Crippen molar-refractivity contribution >= 4 is 16.1 Å². The number of piperazine rings is 1. The second-order valence-electron chi connectivity index (χ2n) is 6.42. The fraction of sp³-hybridized carbons (Fsp3) is 0.300. The molecule has 1 aliphatic rings. The SMILES string of the molecule is C[C@@H](c1ccc(F)cc1)N1CCN(S(=O)(=O)/C=C/c2ccccc2)CC1. The van der Waals surface area contributed by atoms with Gasteiger partial charge in [-0.15, -0.1) is 0 Å². The fourth-order valence-electron chi connectivity index (χ4n) is 3.11. The number of hydrogen-bond donors (Lipinski definition) is 0. The average molecular weight is 374 g/mol. The molecule has 0 aromatic heterocycles. The third-order valence-electron chi connectivity index (χ3n) is 4.77. The van der Waals surface area contributed by atoms with Crippen molar-refractivity contribution in [1.82, 2.24) is 9.21 Å². The molecule has 0 N–H and O–H groups in total. The first-order valence-electron chi connectivity index (χ1n) is 8.68. The molecule has 6 heteroatoms. The molecule has 0 bridgehead atoms. The van der Waals surface area contributed by atoms with Crippen LogP contribution >= 0.6 is 0 Å². The predicted molar refractivity (Wildman–Crippen MR) is 102 cm³/mol. The van der Waals surface area contributed by atoms with Crippen LogP contribution < -0.4 is 0 Å². The third kappa shape index (κ3) is 4.58. The Hall–Kier alpha value is -2.02. The van der Waals surface area contributed by atoms with Gasteiger partial charge in [-0.25, -0.2) is 12.8 Å². The Kier molecular flexibility index (Phi) is 5.86. The third-order valence-corrected chi connectivity index (χ3v) is 6.33. The molecule has 1 atom stereocenters. The molecule has 0 amide bonds. The van der Waals surface area contributed by atoms with E-state index in [0.717, 1.165) is 11.1 Å². The van der Waals surface area contributed by atoms with Gasteiger partial charge in [0, 0.05) is 37.6 Å². The molecule has 138 valence electrons. The minimum atomic E-state index is -3.42. The zero-order valence-corrected chi connectivity index (χ0v) is 15.6. The minimum Gasteiger partial charge on any atom is -0.294 e. The Bertz CT molecular complexity index is 843. The van der Waals surface area contributed by atoms with Crippen LogP contribution in [-0.2, 0) is 10.0 Å². The lowest BCUT2D eigenvalue weighted by Gasteiger charge is -2.37. The molecular formula is C20H23FN2O2S. The standard InChI is InChI=1S/C20H23FN2O2S/c1-17(19-7-9-20(21)10-8-19)22-12-14-23(15-13-22)26(24,25)16-11-18-5-3-2-4-6-18/h2-11,16-17H,12-15H2,1H3/b16-11+/t17-/m0/s1. The van der Waals surface area contributed by atoms with E-state index in [1.54, 1.807) is 18.2 Å². The lowest BCUT2D eigenvalue weighted by molar-refractivity contribution is 0.146. The first-order valence-corrected chi connectivity index (χ1v) is 10.2. The molecule has 3 rings (SSSR count). The van der Waals surface area contributed by atoms with Crippen molar-refractivity contribution in [3.63, 3.8) is 0 Å². The lowest BCUT2D eigenvalue weighted by Crippen LogP contribution is -2.48. The van der Waals surface area contributed by atoms with Crippen LogP contribution in [0.25, 0.3) is 6.08 Å². The minimum absolute atomic E-state index is 0.125. The van der Waals surface area contributed by atoms with E-state index in [9.17, 15) is 12.8 Å². The summed E-state index contributed by atoms with van der Waals surface area (Å²) in [6.45, 7) is 4.26. The van der Waals surface area contributed by atoms with Gasteiger partial charge in [-0.1, -0.05) is 42.5 Å². The maximum atomic E-state index is 13.1. The van der Waals surface area contributed by atoms with E-state index < -0.39 is 10.0 Å². The summed E-state index contributed by atoms with van der Waals surface area (Å²) in [5.41, 5.74) is 1.89. The highest BCUT2D eigenvalue weighted by atomic mass is 32.2. The average Bonchev–Trinajstić information content (AvgIpc) is 2.67. The molecule has 1 saturated heterocycles. The summed E-state index contributed by atoms with van der Waals surface area (Å²) < 4.78 is 39.6. The van der Waals surface area contributed by atoms with E-state index in [4.69, 9.17) is 0 Å². The monoisotopic (exact) mass is 374 g/mol. The van der Waals surface area contributed by atoms with Crippen molar-refractivity contribution in [3.8, 4) is 0 Å². The highest BCUT2D eigenvalue weighted by Gasteiger charge is 2.27. The first-order chi connectivity index (χ1) is 12.5. The van der Waals surface area contributed by atoms with E-state index >= 15 is 0 Å². The van der Waals surface area contributed by atoms with Crippen molar-refractivity contribution in [2.75, 3.05) is 26.2 Å². The van der Waals surface area contributed by atoms with Crippen LogP contribution in [-0.4, -0.2) is 43.8 Å². The molecule has 1 aliphatic heterocycles. The summed E-state index contributed by atoms with van der Waals surface area (Å²) in [7, 11) is -3.42. The van der Waals surface area contributed by atoms with Gasteiger partial charge in [0.15, 0.2) is 0 Å². The van der Waals surface area contributed by atoms with E-state index in [-0.39, 0.29) is 11.9 Å². The van der Waals surface area contributed by atoms with Crippen LogP contribution in [0.3, 0.4) is 0 Å². The second-order valence-corrected chi connectivity index (χ2v) is 8.24. The molecule has 0 unspecified atom stereocenters. The Morgan fingerprint density at radius 2 is 1.58 bits per heavy atom. The normalized spacial score (nSPS) is 18.2. The maximum Gasteiger partial charge on any atom is 0.236 e. The van der Waals surface area contributed by atoms with Crippen LogP contribution in [0.4, 0.5) is 4.39 Å². The van der Waals surface area contributed by atoms with Gasteiger partial charge >= 0.3 is 0 Å². The van der Waals surface area contributed by atoms with Crippen molar-refractivity contribution in [2.24, 2.45) is 0 Å². The molecule has 1 fully saturated rings. The highest BCUT2D eigenvalue weighted by Crippen LogP contribution is 2.23. The molecule has 0 aliphatic carbocycles. The number of benzene rings is 2. The Labute approximate surface area is 154 Å². The summed E-state index contributed by atoms with van der Waals surface area (Å²) in [6, 6.07) is 16.0. The quantitative estimate of drug-likeness (QED) is 0.804. The van der Waals surface area contributed by atoms with Crippen LogP contribution in [0.1, 0.15) is 24.1 Å². The summed E-state index contributed by atoms with van der Waals surface area (Å²) in [5.74, 6) is -0.248. The molecule has 0 radical (unpaired) electrons. The van der Waals surface area contributed by atoms with Crippen LogP contribution in [0.5, 0.6) is 0 Å². The molecule has 2 aromatic carbocycles. The zero-order valence-electron chi connectivity index (χ0n) is 14.8. The van der Waals surface area contributed by atoms with Crippen LogP contribution in [0.15, 0.2) is 60.0 Å². The fourth-order valence-corrected chi connectivity index (χ4v) is 4.29. The first kappa shape index (κ1) is 18.8. The van der Waals surface area contributed by atoms with Crippen molar-refractivity contribution in [2.45, 2.75) is 13.0 Å². The number of halogens is 1. The topological polar surface area (TPSA) is 40.6 Å². The van der Waals surface area contributed by atoms with Gasteiger partial charge < -0.3 is 0 Å². The van der Waals surface area contributed by atoms with Crippen LogP contribution in [0, 0.1) is 5.82 Å². The zero-order chi connectivity index (χ0) is 18.6. The second kappa shape index (κ2) is 8.12. The molecule has 1 heterocycles. The summed E-state index contributed by atoms with van der Waals surface area (Å²) in [6.07, 6.45) is 1.63. The molecule has 26 heavy (non-hydrogen) atoms. The van der Waals surface area contributed by atoms with Gasteiger partial charge in [0.05, 0.1) is 0 Å². The molecule has 4 nitrogen and oxygen atoms in total. The molecular weight excluding hydrogens is 351 g/mol. The van der Waals surface area contributed by atoms with E-state index in [2.05, 4.69) is 11.8 Å². The lowest BCUT2D eigenvalue weighted by atomic mass is 10.1. The number of rotatable bonds is 5. The van der Waals surface area contributed by atoms with Crippen LogP contribution in [0.2, 0.25) is 0 Å². The van der Waals surface area contributed by atoms with E-state index in [1.165, 1.54) is 21.8 Å². The van der Waals surface area contributed by atoms with E-state index in [0.29, 0.717) is 26.2 Å². The van der Waals surface area contributed by atoms with Gasteiger partial charge in [-0.05, 0) is 36.3 Å².